The SMILES string of the molecule is CCN1CCN(CCNC(=NC)NCCC(C)C)CC1.I. The van der Waals surface area contributed by atoms with Gasteiger partial charge in [-0.2, -0.15) is 0 Å². The molecule has 0 aromatic carbocycles. The lowest BCUT2D eigenvalue weighted by Gasteiger charge is -2.34. The van der Waals surface area contributed by atoms with Crippen LogP contribution in [-0.4, -0.2) is 75.2 Å². The van der Waals surface area contributed by atoms with Crippen LogP contribution in [0.1, 0.15) is 27.2 Å². The van der Waals surface area contributed by atoms with Crippen LogP contribution in [0.5, 0.6) is 0 Å². The molecule has 1 aliphatic heterocycles. The van der Waals surface area contributed by atoms with Crippen LogP contribution >= 0.6 is 24.0 Å². The molecule has 0 aromatic heterocycles. The van der Waals surface area contributed by atoms with E-state index in [-0.39, 0.29) is 24.0 Å². The largest absolute Gasteiger partial charge is 0.356 e. The van der Waals surface area contributed by atoms with Crippen molar-refractivity contribution in [3.8, 4) is 0 Å². The van der Waals surface area contributed by atoms with Gasteiger partial charge in [0.25, 0.3) is 0 Å². The molecule has 21 heavy (non-hydrogen) atoms. The average molecular weight is 411 g/mol. The summed E-state index contributed by atoms with van der Waals surface area (Å²) in [5.41, 5.74) is 0. The molecule has 1 rings (SSSR count). The van der Waals surface area contributed by atoms with E-state index in [1.165, 1.54) is 39.1 Å². The van der Waals surface area contributed by atoms with E-state index in [0.717, 1.165) is 31.5 Å². The van der Waals surface area contributed by atoms with Crippen molar-refractivity contribution in [3.63, 3.8) is 0 Å². The van der Waals surface area contributed by atoms with E-state index in [2.05, 4.69) is 46.2 Å². The van der Waals surface area contributed by atoms with Crippen molar-refractivity contribution in [2.45, 2.75) is 27.2 Å². The number of hydrogen-bond donors (Lipinski definition) is 2. The highest BCUT2D eigenvalue weighted by molar-refractivity contribution is 14.0. The van der Waals surface area contributed by atoms with Crippen LogP contribution in [-0.2, 0) is 0 Å². The Hall–Kier alpha value is -0.0800. The minimum absolute atomic E-state index is 0. The molecule has 0 saturated carbocycles. The molecule has 0 bridgehead atoms. The van der Waals surface area contributed by atoms with E-state index in [1.54, 1.807) is 0 Å². The Morgan fingerprint density at radius 2 is 1.62 bits per heavy atom. The molecule has 1 aliphatic rings. The van der Waals surface area contributed by atoms with Crippen LogP contribution < -0.4 is 10.6 Å². The van der Waals surface area contributed by atoms with Crippen molar-refractivity contribution >= 4 is 29.9 Å². The first-order valence-electron chi connectivity index (χ1n) is 8.05. The van der Waals surface area contributed by atoms with Crippen LogP contribution in [0.15, 0.2) is 4.99 Å². The van der Waals surface area contributed by atoms with Gasteiger partial charge in [-0.15, -0.1) is 24.0 Å². The number of rotatable bonds is 7. The summed E-state index contributed by atoms with van der Waals surface area (Å²) in [6, 6.07) is 0. The lowest BCUT2D eigenvalue weighted by atomic mass is 10.1. The third-order valence-electron chi connectivity index (χ3n) is 3.87. The highest BCUT2D eigenvalue weighted by Gasteiger charge is 2.14. The number of hydrogen-bond acceptors (Lipinski definition) is 3. The van der Waals surface area contributed by atoms with Gasteiger partial charge in [0, 0.05) is 52.9 Å². The molecular formula is C15H34IN5. The van der Waals surface area contributed by atoms with E-state index in [1.807, 2.05) is 7.05 Å². The van der Waals surface area contributed by atoms with E-state index in [4.69, 9.17) is 0 Å². The van der Waals surface area contributed by atoms with E-state index < -0.39 is 0 Å². The molecule has 0 aromatic rings. The van der Waals surface area contributed by atoms with Crippen LogP contribution in [0, 0.1) is 5.92 Å². The fourth-order valence-corrected chi connectivity index (χ4v) is 2.36. The zero-order valence-corrected chi connectivity index (χ0v) is 16.5. The molecular weight excluding hydrogens is 377 g/mol. The fourth-order valence-electron chi connectivity index (χ4n) is 2.36. The molecule has 0 unspecified atom stereocenters. The minimum Gasteiger partial charge on any atom is -0.356 e. The Balaban J connectivity index is 0.00000400. The summed E-state index contributed by atoms with van der Waals surface area (Å²) in [5, 5.41) is 6.77. The number of halogens is 1. The van der Waals surface area contributed by atoms with Crippen molar-refractivity contribution in [1.29, 1.82) is 0 Å². The Kier molecular flexibility index (Phi) is 12.4. The van der Waals surface area contributed by atoms with Gasteiger partial charge in [0.1, 0.15) is 0 Å². The van der Waals surface area contributed by atoms with Gasteiger partial charge in [0.05, 0.1) is 0 Å². The maximum Gasteiger partial charge on any atom is 0.191 e. The molecule has 0 aliphatic carbocycles. The Labute approximate surface area is 148 Å². The molecule has 6 heteroatoms. The molecule has 2 N–H and O–H groups in total. The maximum atomic E-state index is 4.26. The number of nitrogens with zero attached hydrogens (tertiary/aromatic N) is 3. The zero-order chi connectivity index (χ0) is 14.8. The number of piperazine rings is 1. The number of guanidine groups is 1. The second-order valence-electron chi connectivity index (χ2n) is 5.88. The molecule has 1 fully saturated rings. The number of aliphatic imine (C=N–C) groups is 1. The van der Waals surface area contributed by atoms with Crippen LogP contribution in [0.3, 0.4) is 0 Å². The van der Waals surface area contributed by atoms with Crippen molar-refractivity contribution in [1.82, 2.24) is 20.4 Å². The first-order valence-corrected chi connectivity index (χ1v) is 8.05. The highest BCUT2D eigenvalue weighted by Crippen LogP contribution is 2.00. The van der Waals surface area contributed by atoms with E-state index in [9.17, 15) is 0 Å². The molecule has 126 valence electrons. The van der Waals surface area contributed by atoms with Crippen LogP contribution in [0.4, 0.5) is 0 Å². The summed E-state index contributed by atoms with van der Waals surface area (Å²) in [6.45, 7) is 15.8. The second kappa shape index (κ2) is 12.5. The summed E-state index contributed by atoms with van der Waals surface area (Å²) in [6.07, 6.45) is 1.18. The van der Waals surface area contributed by atoms with Gasteiger partial charge >= 0.3 is 0 Å². The Bertz CT molecular complexity index is 275. The van der Waals surface area contributed by atoms with E-state index >= 15 is 0 Å². The van der Waals surface area contributed by atoms with Gasteiger partial charge in [-0.1, -0.05) is 20.8 Å². The first-order chi connectivity index (χ1) is 9.65. The normalized spacial score (nSPS) is 17.7. The van der Waals surface area contributed by atoms with Crippen molar-refractivity contribution in [2.75, 3.05) is 59.4 Å². The lowest BCUT2D eigenvalue weighted by Crippen LogP contribution is -2.49. The monoisotopic (exact) mass is 411 g/mol. The molecule has 0 amide bonds. The average Bonchev–Trinajstić information content (AvgIpc) is 2.46. The Morgan fingerprint density at radius 1 is 1.05 bits per heavy atom. The van der Waals surface area contributed by atoms with Crippen molar-refractivity contribution < 1.29 is 0 Å². The maximum absolute atomic E-state index is 4.26. The smallest absolute Gasteiger partial charge is 0.191 e. The third kappa shape index (κ3) is 9.52. The van der Waals surface area contributed by atoms with Crippen LogP contribution in [0.2, 0.25) is 0 Å². The summed E-state index contributed by atoms with van der Waals surface area (Å²) < 4.78 is 0. The first kappa shape index (κ1) is 20.9. The minimum atomic E-state index is 0. The molecule has 1 heterocycles. The fraction of sp³-hybridized carbons (Fsp3) is 0.933. The van der Waals surface area contributed by atoms with Gasteiger partial charge in [0.2, 0.25) is 0 Å². The summed E-state index contributed by atoms with van der Waals surface area (Å²) in [4.78, 5) is 9.30. The molecule has 1 saturated heterocycles. The molecule has 0 atom stereocenters. The van der Waals surface area contributed by atoms with Gasteiger partial charge < -0.3 is 15.5 Å². The standard InChI is InChI=1S/C15H33N5.HI/c1-5-19-10-12-20(13-11-19)9-8-18-15(16-4)17-7-6-14(2)3;/h14H,5-13H2,1-4H3,(H2,16,17,18);1H. The molecule has 5 nitrogen and oxygen atoms in total. The van der Waals surface area contributed by atoms with Gasteiger partial charge in [0.15, 0.2) is 5.96 Å². The van der Waals surface area contributed by atoms with Gasteiger partial charge in [-0.05, 0) is 18.9 Å². The zero-order valence-electron chi connectivity index (χ0n) is 14.2. The molecule has 0 spiro atoms. The van der Waals surface area contributed by atoms with Gasteiger partial charge in [-0.25, -0.2) is 0 Å². The summed E-state index contributed by atoms with van der Waals surface area (Å²) in [7, 11) is 1.84. The predicted molar refractivity (Wildman–Crippen MR) is 103 cm³/mol. The summed E-state index contributed by atoms with van der Waals surface area (Å²) >= 11 is 0. The highest BCUT2D eigenvalue weighted by atomic mass is 127. The Morgan fingerprint density at radius 3 is 2.14 bits per heavy atom. The van der Waals surface area contributed by atoms with Crippen LogP contribution in [0.25, 0.3) is 0 Å². The predicted octanol–water partition coefficient (Wildman–Crippen LogP) is 1.45. The topological polar surface area (TPSA) is 42.9 Å². The van der Waals surface area contributed by atoms with Gasteiger partial charge in [-0.3, -0.25) is 9.89 Å². The molecule has 0 radical (unpaired) electrons. The number of nitrogens with one attached hydrogen (secondary N) is 2. The van der Waals surface area contributed by atoms with Crippen molar-refractivity contribution in [3.05, 3.63) is 0 Å². The summed E-state index contributed by atoms with van der Waals surface area (Å²) in [5.74, 6) is 1.66. The quantitative estimate of drug-likeness (QED) is 0.378. The second-order valence-corrected chi connectivity index (χ2v) is 5.88. The number of likely N-dealkylation sites (N-methyl/N-ethyl adjacent to an activating group) is 1. The lowest BCUT2D eigenvalue weighted by molar-refractivity contribution is 0.139. The third-order valence-corrected chi connectivity index (χ3v) is 3.87. The van der Waals surface area contributed by atoms with Crippen molar-refractivity contribution in [2.24, 2.45) is 10.9 Å². The van der Waals surface area contributed by atoms with E-state index in [0.29, 0.717) is 0 Å².